The van der Waals surface area contributed by atoms with Gasteiger partial charge in [0.2, 0.25) is 0 Å². The summed E-state index contributed by atoms with van der Waals surface area (Å²) in [6, 6.07) is 2.96. The van der Waals surface area contributed by atoms with Gasteiger partial charge in [-0.25, -0.2) is 4.98 Å². The first-order valence-corrected chi connectivity index (χ1v) is 4.77. The summed E-state index contributed by atoms with van der Waals surface area (Å²) in [6.07, 6.45) is 0.0279. The summed E-state index contributed by atoms with van der Waals surface area (Å²) in [5, 5.41) is 15.7. The van der Waals surface area contributed by atoms with Gasteiger partial charge in [-0.15, -0.1) is 0 Å². The summed E-state index contributed by atoms with van der Waals surface area (Å²) in [5.41, 5.74) is 10.9. The highest BCUT2D eigenvalue weighted by atomic mass is 16.4. The summed E-state index contributed by atoms with van der Waals surface area (Å²) in [4.78, 5) is 25.4. The molecule has 0 atom stereocenters. The Morgan fingerprint density at radius 2 is 2.00 bits per heavy atom. The molecule has 0 aliphatic rings. The molecule has 1 aromatic rings. The van der Waals surface area contributed by atoms with Crippen LogP contribution in [-0.4, -0.2) is 27.8 Å². The largest absolute Gasteiger partial charge is 0.481 e. The number of carbonyl (C=O) groups is 2. The molecule has 0 unspecified atom stereocenters. The van der Waals surface area contributed by atoms with Gasteiger partial charge >= 0.3 is 5.97 Å². The second-order valence-electron chi connectivity index (χ2n) is 3.38. The van der Waals surface area contributed by atoms with Gasteiger partial charge in [-0.2, -0.15) is 0 Å². The molecule has 1 heterocycles. The highest BCUT2D eigenvalue weighted by molar-refractivity contribution is 5.97. The van der Waals surface area contributed by atoms with E-state index in [-0.39, 0.29) is 30.1 Å². The number of carbonyl (C=O) groups excluding carboxylic acids is 1. The van der Waals surface area contributed by atoms with E-state index in [0.29, 0.717) is 5.56 Å². The maximum Gasteiger partial charge on any atom is 0.303 e. The number of carboxylic acid groups (broad SMARTS) is 1. The number of carboxylic acids is 1. The lowest BCUT2D eigenvalue weighted by molar-refractivity contribution is -0.136. The minimum atomic E-state index is -0.976. The topological polar surface area (TPSA) is 143 Å². The van der Waals surface area contributed by atoms with Crippen molar-refractivity contribution in [3.8, 4) is 0 Å². The fraction of sp³-hybridized carbons (Fsp3) is 0.200. The highest BCUT2D eigenvalue weighted by Crippen LogP contribution is 2.10. The number of aryl methyl sites for hydroxylation is 1. The minimum Gasteiger partial charge on any atom is -0.481 e. The Kier molecular flexibility index (Phi) is 3.76. The van der Waals surface area contributed by atoms with Crippen LogP contribution in [0.1, 0.15) is 28.2 Å². The van der Waals surface area contributed by atoms with E-state index in [9.17, 15) is 9.59 Å². The highest BCUT2D eigenvalue weighted by Gasteiger charge is 2.13. The smallest absolute Gasteiger partial charge is 0.303 e. The summed E-state index contributed by atoms with van der Waals surface area (Å²) >= 11 is 0. The molecule has 1 amide bonds. The summed E-state index contributed by atoms with van der Waals surface area (Å²) in [5.74, 6) is -2.03. The number of amides is 1. The van der Waals surface area contributed by atoms with E-state index in [4.69, 9.17) is 22.0 Å². The van der Waals surface area contributed by atoms with Gasteiger partial charge in [-0.1, -0.05) is 6.07 Å². The van der Waals surface area contributed by atoms with Crippen LogP contribution in [0.3, 0.4) is 0 Å². The number of primary amides is 1. The first-order chi connectivity index (χ1) is 7.91. The fourth-order valence-electron chi connectivity index (χ4n) is 1.29. The number of hydrogen-bond donors (Lipinski definition) is 4. The predicted molar refractivity (Wildman–Crippen MR) is 59.7 cm³/mol. The van der Waals surface area contributed by atoms with Crippen molar-refractivity contribution < 1.29 is 14.7 Å². The van der Waals surface area contributed by atoms with Crippen molar-refractivity contribution in [3.63, 3.8) is 0 Å². The monoisotopic (exact) mass is 236 g/mol. The van der Waals surface area contributed by atoms with E-state index in [2.05, 4.69) is 4.98 Å². The zero-order valence-electron chi connectivity index (χ0n) is 8.93. The van der Waals surface area contributed by atoms with Crippen molar-refractivity contribution in [2.75, 3.05) is 0 Å². The molecule has 0 saturated carbocycles. The average molecular weight is 236 g/mol. The van der Waals surface area contributed by atoms with Crippen molar-refractivity contribution in [1.82, 2.24) is 4.98 Å². The molecule has 17 heavy (non-hydrogen) atoms. The van der Waals surface area contributed by atoms with E-state index in [0.717, 1.165) is 0 Å². The molecule has 7 heteroatoms. The van der Waals surface area contributed by atoms with E-state index >= 15 is 0 Å². The molecule has 0 aromatic carbocycles. The lowest BCUT2D eigenvalue weighted by Crippen LogP contribution is -2.21. The zero-order valence-corrected chi connectivity index (χ0v) is 8.93. The van der Waals surface area contributed by atoms with E-state index in [1.54, 1.807) is 0 Å². The zero-order chi connectivity index (χ0) is 13.0. The Morgan fingerprint density at radius 1 is 1.35 bits per heavy atom. The average Bonchev–Trinajstić information content (AvgIpc) is 2.25. The van der Waals surface area contributed by atoms with Gasteiger partial charge < -0.3 is 16.6 Å². The summed E-state index contributed by atoms with van der Waals surface area (Å²) in [6.45, 7) is 0. The number of amidine groups is 1. The first-order valence-electron chi connectivity index (χ1n) is 4.77. The molecule has 0 radical (unpaired) electrons. The van der Waals surface area contributed by atoms with Crippen LogP contribution in [0, 0.1) is 5.41 Å². The van der Waals surface area contributed by atoms with Crippen molar-refractivity contribution in [1.29, 1.82) is 5.41 Å². The van der Waals surface area contributed by atoms with Gasteiger partial charge in [0.15, 0.2) is 0 Å². The van der Waals surface area contributed by atoms with Crippen LogP contribution in [-0.2, 0) is 11.2 Å². The van der Waals surface area contributed by atoms with Crippen molar-refractivity contribution in [2.45, 2.75) is 12.8 Å². The van der Waals surface area contributed by atoms with E-state index in [1.165, 1.54) is 12.1 Å². The Balaban J connectivity index is 3.08. The molecule has 1 rings (SSSR count). The van der Waals surface area contributed by atoms with Gasteiger partial charge in [0.25, 0.3) is 5.91 Å². The molecule has 7 nitrogen and oxygen atoms in total. The van der Waals surface area contributed by atoms with Crippen LogP contribution in [0.2, 0.25) is 0 Å². The molecular weight excluding hydrogens is 224 g/mol. The lowest BCUT2D eigenvalue weighted by Gasteiger charge is -2.06. The Morgan fingerprint density at radius 3 is 2.47 bits per heavy atom. The third kappa shape index (κ3) is 3.26. The summed E-state index contributed by atoms with van der Waals surface area (Å²) < 4.78 is 0. The molecule has 0 saturated heterocycles. The second-order valence-corrected chi connectivity index (χ2v) is 3.38. The maximum atomic E-state index is 11.1. The van der Waals surface area contributed by atoms with Crippen LogP contribution in [0.5, 0.6) is 0 Å². The van der Waals surface area contributed by atoms with Crippen molar-refractivity contribution in [3.05, 3.63) is 29.1 Å². The number of nitrogens with two attached hydrogens (primary N) is 2. The number of nitrogen functional groups attached to an aromatic ring is 1. The molecule has 6 N–H and O–H groups in total. The number of nitrogens with one attached hydrogen (secondary N) is 1. The van der Waals surface area contributed by atoms with Gasteiger partial charge in [0.05, 0.1) is 0 Å². The Hall–Kier alpha value is -2.44. The van der Waals surface area contributed by atoms with Crippen LogP contribution >= 0.6 is 0 Å². The van der Waals surface area contributed by atoms with Crippen LogP contribution in [0.4, 0.5) is 0 Å². The third-order valence-electron chi connectivity index (χ3n) is 2.10. The third-order valence-corrected chi connectivity index (χ3v) is 2.10. The molecule has 0 aliphatic heterocycles. The molecule has 1 aromatic heterocycles. The van der Waals surface area contributed by atoms with Crippen LogP contribution in [0.25, 0.3) is 0 Å². The van der Waals surface area contributed by atoms with Crippen LogP contribution < -0.4 is 11.5 Å². The normalized spacial score (nSPS) is 9.88. The molecule has 0 spiro atoms. The number of nitrogens with zero attached hydrogens (tertiary/aromatic N) is 1. The summed E-state index contributed by atoms with van der Waals surface area (Å²) in [7, 11) is 0. The van der Waals surface area contributed by atoms with Crippen molar-refractivity contribution >= 4 is 17.7 Å². The van der Waals surface area contributed by atoms with Crippen LogP contribution in [0.15, 0.2) is 12.1 Å². The second kappa shape index (κ2) is 5.06. The Bertz CT molecular complexity index is 484. The number of aliphatic carboxylic acids is 1. The number of hydrogen-bond acceptors (Lipinski definition) is 4. The molecule has 0 fully saturated rings. The molecule has 0 aliphatic carbocycles. The number of pyridine rings is 1. The van der Waals surface area contributed by atoms with Gasteiger partial charge in [0.1, 0.15) is 17.2 Å². The number of rotatable bonds is 5. The van der Waals surface area contributed by atoms with Crippen molar-refractivity contribution in [2.24, 2.45) is 11.5 Å². The molecule has 0 bridgehead atoms. The standard InChI is InChI=1S/C10H12N4O3/c11-9(12)6-3-1-5(2-4-7(15)16)8(14-6)10(13)17/h1,3H,2,4H2,(H3,11,12)(H2,13,17)(H,15,16). The lowest BCUT2D eigenvalue weighted by atomic mass is 10.1. The van der Waals surface area contributed by atoms with E-state index < -0.39 is 11.9 Å². The quantitative estimate of drug-likeness (QED) is 0.401. The minimum absolute atomic E-state index is 0.0426. The maximum absolute atomic E-state index is 11.1. The number of aromatic nitrogens is 1. The SMILES string of the molecule is N=C(N)c1ccc(CCC(=O)O)c(C(N)=O)n1. The first kappa shape index (κ1) is 12.6. The Labute approximate surface area is 97.0 Å². The van der Waals surface area contributed by atoms with E-state index in [1.807, 2.05) is 0 Å². The fourth-order valence-corrected chi connectivity index (χ4v) is 1.29. The van der Waals surface area contributed by atoms with Gasteiger partial charge in [0, 0.05) is 6.42 Å². The molecule has 90 valence electrons. The van der Waals surface area contributed by atoms with Gasteiger partial charge in [-0.3, -0.25) is 15.0 Å². The molecular formula is C10H12N4O3. The van der Waals surface area contributed by atoms with Gasteiger partial charge in [-0.05, 0) is 18.1 Å². The predicted octanol–water partition coefficient (Wildman–Crippen LogP) is -0.518.